The molecular weight excluding hydrogens is 375 g/mol. The molecule has 2 heterocycles. The van der Waals surface area contributed by atoms with Gasteiger partial charge in [-0.1, -0.05) is 23.2 Å². The normalized spacial score (nSPS) is 10.2. The van der Waals surface area contributed by atoms with E-state index in [4.69, 9.17) is 23.2 Å². The number of benzene rings is 1. The van der Waals surface area contributed by atoms with Crippen molar-refractivity contribution in [1.29, 1.82) is 0 Å². The summed E-state index contributed by atoms with van der Waals surface area (Å²) in [4.78, 5) is 33.0. The summed E-state index contributed by atoms with van der Waals surface area (Å²) in [6.45, 7) is 0. The predicted octanol–water partition coefficient (Wildman–Crippen LogP) is 4.29. The highest BCUT2D eigenvalue weighted by Crippen LogP contribution is 2.27. The van der Waals surface area contributed by atoms with E-state index in [1.165, 1.54) is 12.1 Å². The highest BCUT2D eigenvalue weighted by molar-refractivity contribution is 6.42. The SMILES string of the molecule is O=C(Nc1ccncc1)c1cc(Cl)c(Cl)cc1C(=O)Nc1ccncc1. The number of anilines is 2. The van der Waals surface area contributed by atoms with Crippen LogP contribution in [0, 0.1) is 0 Å². The Hall–Kier alpha value is -2.96. The third-order valence-corrected chi connectivity index (χ3v) is 4.15. The summed E-state index contributed by atoms with van der Waals surface area (Å²) in [5.41, 5.74) is 1.28. The van der Waals surface area contributed by atoms with Gasteiger partial charge < -0.3 is 10.6 Å². The van der Waals surface area contributed by atoms with Crippen molar-refractivity contribution in [3.63, 3.8) is 0 Å². The van der Waals surface area contributed by atoms with Gasteiger partial charge in [0.1, 0.15) is 0 Å². The average Bonchev–Trinajstić information content (AvgIpc) is 2.65. The summed E-state index contributed by atoms with van der Waals surface area (Å²) in [6, 6.07) is 9.25. The molecule has 2 N–H and O–H groups in total. The van der Waals surface area contributed by atoms with Crippen molar-refractivity contribution < 1.29 is 9.59 Å². The average molecular weight is 387 g/mol. The monoisotopic (exact) mass is 386 g/mol. The van der Waals surface area contributed by atoms with E-state index in [1.54, 1.807) is 49.1 Å². The summed E-state index contributed by atoms with van der Waals surface area (Å²) in [5, 5.41) is 5.73. The molecule has 0 saturated carbocycles. The molecule has 0 saturated heterocycles. The van der Waals surface area contributed by atoms with Crippen LogP contribution in [-0.2, 0) is 0 Å². The number of hydrogen-bond donors (Lipinski definition) is 2. The van der Waals surface area contributed by atoms with E-state index in [-0.39, 0.29) is 21.2 Å². The lowest BCUT2D eigenvalue weighted by Gasteiger charge is -2.12. The molecule has 3 rings (SSSR count). The summed E-state index contributed by atoms with van der Waals surface area (Å²) in [7, 11) is 0. The molecule has 0 bridgehead atoms. The maximum Gasteiger partial charge on any atom is 0.256 e. The molecule has 6 nitrogen and oxygen atoms in total. The molecule has 2 aromatic heterocycles. The highest BCUT2D eigenvalue weighted by atomic mass is 35.5. The molecule has 0 radical (unpaired) electrons. The zero-order valence-corrected chi connectivity index (χ0v) is 14.8. The molecule has 0 aliphatic rings. The number of nitrogens with zero attached hydrogens (tertiary/aromatic N) is 2. The number of rotatable bonds is 4. The van der Waals surface area contributed by atoms with Gasteiger partial charge in [0.2, 0.25) is 0 Å². The lowest BCUT2D eigenvalue weighted by molar-refractivity contribution is 0.0990. The van der Waals surface area contributed by atoms with Crippen LogP contribution in [0.25, 0.3) is 0 Å². The standard InChI is InChI=1S/C18H12Cl2N4O2/c19-15-9-13(17(25)23-11-1-5-21-6-2-11)14(10-16(15)20)18(26)24-12-3-7-22-8-4-12/h1-10H,(H,21,23,25)(H,22,24,26). The minimum Gasteiger partial charge on any atom is -0.322 e. The number of nitrogens with one attached hydrogen (secondary N) is 2. The number of halogens is 2. The topological polar surface area (TPSA) is 84.0 Å². The van der Waals surface area contributed by atoms with E-state index >= 15 is 0 Å². The van der Waals surface area contributed by atoms with E-state index in [0.717, 1.165) is 0 Å². The van der Waals surface area contributed by atoms with Crippen molar-refractivity contribution in [1.82, 2.24) is 9.97 Å². The molecule has 26 heavy (non-hydrogen) atoms. The fourth-order valence-electron chi connectivity index (χ4n) is 2.19. The van der Waals surface area contributed by atoms with E-state index < -0.39 is 11.8 Å². The first-order valence-corrected chi connectivity index (χ1v) is 8.22. The Balaban J connectivity index is 1.92. The molecule has 0 fully saturated rings. The van der Waals surface area contributed by atoms with Crippen LogP contribution in [0.2, 0.25) is 10.0 Å². The second-order valence-corrected chi connectivity index (χ2v) is 6.01. The van der Waals surface area contributed by atoms with Crippen LogP contribution >= 0.6 is 23.2 Å². The molecule has 130 valence electrons. The number of amides is 2. The van der Waals surface area contributed by atoms with Crippen LogP contribution < -0.4 is 10.6 Å². The van der Waals surface area contributed by atoms with Crippen LogP contribution in [0.3, 0.4) is 0 Å². The Labute approximate surface area is 159 Å². The number of carbonyl (C=O) groups is 2. The van der Waals surface area contributed by atoms with Crippen molar-refractivity contribution >= 4 is 46.4 Å². The van der Waals surface area contributed by atoms with Gasteiger partial charge in [0.25, 0.3) is 11.8 Å². The first kappa shape index (κ1) is 17.8. The summed E-state index contributed by atoms with van der Waals surface area (Å²) >= 11 is 12.1. The Morgan fingerprint density at radius 2 is 1.04 bits per heavy atom. The molecule has 8 heteroatoms. The van der Waals surface area contributed by atoms with Gasteiger partial charge >= 0.3 is 0 Å². The fraction of sp³-hybridized carbons (Fsp3) is 0. The third-order valence-electron chi connectivity index (χ3n) is 3.43. The molecule has 0 aliphatic heterocycles. The lowest BCUT2D eigenvalue weighted by Crippen LogP contribution is -2.20. The maximum atomic E-state index is 12.6. The summed E-state index contributed by atoms with van der Waals surface area (Å²) < 4.78 is 0. The van der Waals surface area contributed by atoms with Gasteiger partial charge in [-0.2, -0.15) is 0 Å². The summed E-state index contributed by atoms with van der Waals surface area (Å²) in [5.74, 6) is -0.982. The quantitative estimate of drug-likeness (QED) is 0.700. The van der Waals surface area contributed by atoms with Crippen molar-refractivity contribution in [2.24, 2.45) is 0 Å². The van der Waals surface area contributed by atoms with Crippen LogP contribution in [0.1, 0.15) is 20.7 Å². The Morgan fingerprint density at radius 1 is 0.692 bits per heavy atom. The minimum absolute atomic E-state index is 0.0998. The summed E-state index contributed by atoms with van der Waals surface area (Å²) in [6.07, 6.45) is 6.17. The van der Waals surface area contributed by atoms with Gasteiger partial charge in [0.15, 0.2) is 0 Å². The largest absolute Gasteiger partial charge is 0.322 e. The van der Waals surface area contributed by atoms with Crippen LogP contribution in [0.4, 0.5) is 11.4 Å². The number of aromatic nitrogens is 2. The second-order valence-electron chi connectivity index (χ2n) is 5.19. The van der Waals surface area contributed by atoms with Gasteiger partial charge in [-0.25, -0.2) is 0 Å². The van der Waals surface area contributed by atoms with E-state index in [1.807, 2.05) is 0 Å². The molecule has 0 unspecified atom stereocenters. The molecule has 2 amide bonds. The maximum absolute atomic E-state index is 12.6. The molecule has 1 aromatic carbocycles. The fourth-order valence-corrected chi connectivity index (χ4v) is 2.52. The van der Waals surface area contributed by atoms with Gasteiger partial charge in [0, 0.05) is 36.2 Å². The van der Waals surface area contributed by atoms with Gasteiger partial charge in [-0.05, 0) is 36.4 Å². The molecule has 0 aliphatic carbocycles. The molecule has 3 aromatic rings. The van der Waals surface area contributed by atoms with Gasteiger partial charge in [-0.15, -0.1) is 0 Å². The first-order valence-electron chi connectivity index (χ1n) is 7.46. The Morgan fingerprint density at radius 3 is 1.38 bits per heavy atom. The second kappa shape index (κ2) is 7.95. The lowest BCUT2D eigenvalue weighted by atomic mass is 10.1. The van der Waals surface area contributed by atoms with Crippen molar-refractivity contribution in [3.05, 3.63) is 82.4 Å². The minimum atomic E-state index is -0.491. The van der Waals surface area contributed by atoms with Crippen molar-refractivity contribution in [2.75, 3.05) is 10.6 Å². The number of pyridine rings is 2. The van der Waals surface area contributed by atoms with Gasteiger partial charge in [-0.3, -0.25) is 19.6 Å². The van der Waals surface area contributed by atoms with E-state index in [9.17, 15) is 9.59 Å². The zero-order chi connectivity index (χ0) is 18.5. The van der Waals surface area contributed by atoms with E-state index in [0.29, 0.717) is 11.4 Å². The van der Waals surface area contributed by atoms with Gasteiger partial charge in [0.05, 0.1) is 21.2 Å². The molecule has 0 atom stereocenters. The Bertz CT molecular complexity index is 872. The highest BCUT2D eigenvalue weighted by Gasteiger charge is 2.20. The smallest absolute Gasteiger partial charge is 0.256 e. The van der Waals surface area contributed by atoms with Crippen LogP contribution in [0.5, 0.6) is 0 Å². The zero-order valence-electron chi connectivity index (χ0n) is 13.2. The van der Waals surface area contributed by atoms with Crippen molar-refractivity contribution in [3.8, 4) is 0 Å². The number of carbonyl (C=O) groups excluding carboxylic acids is 2. The molecule has 0 spiro atoms. The Kier molecular flexibility index (Phi) is 5.46. The van der Waals surface area contributed by atoms with E-state index in [2.05, 4.69) is 20.6 Å². The van der Waals surface area contributed by atoms with Crippen LogP contribution in [-0.4, -0.2) is 21.8 Å². The first-order chi connectivity index (χ1) is 12.5. The van der Waals surface area contributed by atoms with Crippen molar-refractivity contribution in [2.45, 2.75) is 0 Å². The molecular formula is C18H12Cl2N4O2. The number of hydrogen-bond acceptors (Lipinski definition) is 4. The predicted molar refractivity (Wildman–Crippen MR) is 101 cm³/mol. The van der Waals surface area contributed by atoms with Crippen LogP contribution in [0.15, 0.2) is 61.2 Å². The third kappa shape index (κ3) is 4.17.